The van der Waals surface area contributed by atoms with Crippen LogP contribution in [0.3, 0.4) is 0 Å². The Hall–Kier alpha value is -0.550. The van der Waals surface area contributed by atoms with Crippen LogP contribution in [0, 0.1) is 0 Å². The number of hydrogen-bond acceptors (Lipinski definition) is 1. The molecule has 2 N–H and O–H groups in total. The Morgan fingerprint density at radius 3 is 2.50 bits per heavy atom. The van der Waals surface area contributed by atoms with Crippen molar-refractivity contribution < 1.29 is 13.2 Å². The van der Waals surface area contributed by atoms with Crippen LogP contribution in [-0.4, -0.2) is 6.18 Å². The summed E-state index contributed by atoms with van der Waals surface area (Å²) >= 11 is 3.17. The minimum absolute atomic E-state index is 0.483. The first-order chi connectivity index (χ1) is 6.38. The van der Waals surface area contributed by atoms with Crippen molar-refractivity contribution in [2.45, 2.75) is 18.6 Å². The highest BCUT2D eigenvalue weighted by molar-refractivity contribution is 9.10. The molecule has 78 valence electrons. The topological polar surface area (TPSA) is 26.0 Å². The molecule has 0 fully saturated rings. The van der Waals surface area contributed by atoms with Gasteiger partial charge in [0.2, 0.25) is 0 Å². The number of hydrogen-bond donors (Lipinski definition) is 1. The Kier molecular flexibility index (Phi) is 3.55. The number of halogens is 4. The van der Waals surface area contributed by atoms with Gasteiger partial charge in [0.05, 0.1) is 6.42 Å². The molecule has 0 saturated carbocycles. The van der Waals surface area contributed by atoms with Crippen LogP contribution in [-0.2, 0) is 0 Å². The molecule has 0 aromatic heterocycles. The smallest absolute Gasteiger partial charge is 0.324 e. The molecule has 1 aromatic rings. The molecule has 0 amide bonds. The third kappa shape index (κ3) is 3.67. The third-order valence-corrected chi connectivity index (χ3v) is 2.22. The minimum atomic E-state index is -4.22. The molecule has 1 nitrogen and oxygen atoms in total. The normalized spacial score (nSPS) is 14.1. The molecule has 14 heavy (non-hydrogen) atoms. The van der Waals surface area contributed by atoms with Gasteiger partial charge in [-0.05, 0) is 17.7 Å². The molecule has 0 aliphatic heterocycles. The molecule has 0 saturated heterocycles. The maximum atomic E-state index is 12.0. The van der Waals surface area contributed by atoms with E-state index in [1.165, 1.54) is 0 Å². The van der Waals surface area contributed by atoms with Crippen molar-refractivity contribution in [2.75, 3.05) is 0 Å². The molecule has 1 atom stereocenters. The Labute approximate surface area is 88.2 Å². The van der Waals surface area contributed by atoms with Gasteiger partial charge in [0.1, 0.15) is 0 Å². The Morgan fingerprint density at radius 2 is 2.00 bits per heavy atom. The summed E-state index contributed by atoms with van der Waals surface area (Å²) in [5.74, 6) is 0. The molecule has 0 aliphatic rings. The fraction of sp³-hybridized carbons (Fsp3) is 0.333. The monoisotopic (exact) mass is 267 g/mol. The second-order valence-electron chi connectivity index (χ2n) is 2.98. The molecular weight excluding hydrogens is 259 g/mol. The van der Waals surface area contributed by atoms with Crippen molar-refractivity contribution in [3.8, 4) is 0 Å². The van der Waals surface area contributed by atoms with E-state index < -0.39 is 18.6 Å². The van der Waals surface area contributed by atoms with Gasteiger partial charge in [-0.2, -0.15) is 13.2 Å². The van der Waals surface area contributed by atoms with Gasteiger partial charge < -0.3 is 5.73 Å². The highest BCUT2D eigenvalue weighted by Gasteiger charge is 2.30. The van der Waals surface area contributed by atoms with Crippen LogP contribution in [0.15, 0.2) is 28.7 Å². The first-order valence-corrected chi connectivity index (χ1v) is 4.75. The van der Waals surface area contributed by atoms with E-state index in [4.69, 9.17) is 5.73 Å². The fourth-order valence-electron chi connectivity index (χ4n) is 1.10. The SMILES string of the molecule is N[C@H](CC(F)(F)F)c1cccc(Br)c1. The van der Waals surface area contributed by atoms with Crippen LogP contribution in [0.4, 0.5) is 13.2 Å². The van der Waals surface area contributed by atoms with Gasteiger partial charge in [0, 0.05) is 10.5 Å². The molecular formula is C9H9BrF3N. The molecule has 1 rings (SSSR count). The molecule has 5 heteroatoms. The van der Waals surface area contributed by atoms with Gasteiger partial charge in [-0.3, -0.25) is 0 Å². The van der Waals surface area contributed by atoms with Crippen LogP contribution < -0.4 is 5.73 Å². The maximum Gasteiger partial charge on any atom is 0.390 e. The number of rotatable bonds is 2. The van der Waals surface area contributed by atoms with Gasteiger partial charge in [-0.15, -0.1) is 0 Å². The molecule has 0 spiro atoms. The van der Waals surface area contributed by atoms with E-state index in [2.05, 4.69) is 15.9 Å². The lowest BCUT2D eigenvalue weighted by Gasteiger charge is -2.14. The average molecular weight is 268 g/mol. The first kappa shape index (κ1) is 11.5. The summed E-state index contributed by atoms with van der Waals surface area (Å²) in [6.07, 6.45) is -5.22. The Bertz CT molecular complexity index is 311. The van der Waals surface area contributed by atoms with E-state index in [9.17, 15) is 13.2 Å². The highest BCUT2D eigenvalue weighted by Crippen LogP contribution is 2.28. The number of benzene rings is 1. The van der Waals surface area contributed by atoms with Crippen LogP contribution in [0.5, 0.6) is 0 Å². The van der Waals surface area contributed by atoms with Crippen LogP contribution in [0.25, 0.3) is 0 Å². The van der Waals surface area contributed by atoms with E-state index in [-0.39, 0.29) is 0 Å². The second kappa shape index (κ2) is 4.31. The highest BCUT2D eigenvalue weighted by atomic mass is 79.9. The molecule has 0 radical (unpaired) electrons. The number of nitrogens with two attached hydrogens (primary N) is 1. The zero-order chi connectivity index (χ0) is 10.8. The van der Waals surface area contributed by atoms with Crippen molar-refractivity contribution in [3.63, 3.8) is 0 Å². The Balaban J connectivity index is 2.74. The Morgan fingerprint density at radius 1 is 1.36 bits per heavy atom. The van der Waals surface area contributed by atoms with Gasteiger partial charge in [-0.1, -0.05) is 28.1 Å². The van der Waals surface area contributed by atoms with Crippen molar-refractivity contribution in [3.05, 3.63) is 34.3 Å². The van der Waals surface area contributed by atoms with Crippen molar-refractivity contribution in [1.29, 1.82) is 0 Å². The number of alkyl halides is 3. The fourth-order valence-corrected chi connectivity index (χ4v) is 1.52. The summed E-state index contributed by atoms with van der Waals surface area (Å²) in [7, 11) is 0. The van der Waals surface area contributed by atoms with Gasteiger partial charge in [-0.25, -0.2) is 0 Å². The van der Waals surface area contributed by atoms with Crippen LogP contribution >= 0.6 is 15.9 Å². The van der Waals surface area contributed by atoms with Crippen LogP contribution in [0.1, 0.15) is 18.0 Å². The lowest BCUT2D eigenvalue weighted by Crippen LogP contribution is -2.20. The van der Waals surface area contributed by atoms with Gasteiger partial charge in [0.15, 0.2) is 0 Å². The van der Waals surface area contributed by atoms with E-state index in [0.717, 1.165) is 4.47 Å². The summed E-state index contributed by atoms with van der Waals surface area (Å²) in [4.78, 5) is 0. The summed E-state index contributed by atoms with van der Waals surface area (Å²) < 4.78 is 36.7. The van der Waals surface area contributed by atoms with E-state index >= 15 is 0 Å². The molecule has 1 aromatic carbocycles. The van der Waals surface area contributed by atoms with Gasteiger partial charge >= 0.3 is 6.18 Å². The predicted octanol–water partition coefficient (Wildman–Crippen LogP) is 3.40. The molecule has 0 aliphatic carbocycles. The van der Waals surface area contributed by atoms with Crippen LogP contribution in [0.2, 0.25) is 0 Å². The van der Waals surface area contributed by atoms with E-state index in [0.29, 0.717) is 5.56 Å². The molecule has 0 bridgehead atoms. The second-order valence-corrected chi connectivity index (χ2v) is 3.90. The van der Waals surface area contributed by atoms with Crippen molar-refractivity contribution >= 4 is 15.9 Å². The average Bonchev–Trinajstić information content (AvgIpc) is 2.01. The van der Waals surface area contributed by atoms with Crippen molar-refractivity contribution in [1.82, 2.24) is 0 Å². The summed E-state index contributed by atoms with van der Waals surface area (Å²) in [6, 6.07) is 5.59. The standard InChI is InChI=1S/C9H9BrF3N/c10-7-3-1-2-6(4-7)8(14)5-9(11,12)13/h1-4,8H,5,14H2/t8-/m1/s1. The first-order valence-electron chi connectivity index (χ1n) is 3.96. The zero-order valence-electron chi connectivity index (χ0n) is 7.18. The third-order valence-electron chi connectivity index (χ3n) is 1.73. The summed E-state index contributed by atoms with van der Waals surface area (Å²) in [5, 5.41) is 0. The van der Waals surface area contributed by atoms with E-state index in [1.807, 2.05) is 0 Å². The quantitative estimate of drug-likeness (QED) is 0.874. The largest absolute Gasteiger partial charge is 0.390 e. The predicted molar refractivity (Wildman–Crippen MR) is 51.7 cm³/mol. The van der Waals surface area contributed by atoms with E-state index in [1.54, 1.807) is 24.3 Å². The van der Waals surface area contributed by atoms with Crippen molar-refractivity contribution in [2.24, 2.45) is 5.73 Å². The minimum Gasteiger partial charge on any atom is -0.324 e. The lowest BCUT2D eigenvalue weighted by atomic mass is 10.1. The summed E-state index contributed by atoms with van der Waals surface area (Å²) in [6.45, 7) is 0. The molecule has 0 heterocycles. The molecule has 0 unspecified atom stereocenters. The van der Waals surface area contributed by atoms with Gasteiger partial charge in [0.25, 0.3) is 0 Å². The maximum absolute atomic E-state index is 12.0. The summed E-state index contributed by atoms with van der Waals surface area (Å²) in [5.41, 5.74) is 5.89. The lowest BCUT2D eigenvalue weighted by molar-refractivity contribution is -0.138. The zero-order valence-corrected chi connectivity index (χ0v) is 8.77.